The van der Waals surface area contributed by atoms with Gasteiger partial charge in [0.15, 0.2) is 5.96 Å². The fourth-order valence-electron chi connectivity index (χ4n) is 2.43. The fourth-order valence-corrected chi connectivity index (χ4v) is 2.43. The van der Waals surface area contributed by atoms with Crippen molar-refractivity contribution in [2.24, 2.45) is 10.7 Å². The van der Waals surface area contributed by atoms with Crippen molar-refractivity contribution in [2.45, 2.75) is 34.2 Å². The summed E-state index contributed by atoms with van der Waals surface area (Å²) in [4.78, 5) is 4.42. The summed E-state index contributed by atoms with van der Waals surface area (Å²) in [6, 6.07) is 12.6. The predicted octanol–water partition coefficient (Wildman–Crippen LogP) is 3.85. The summed E-state index contributed by atoms with van der Waals surface area (Å²) >= 11 is 0. The van der Waals surface area contributed by atoms with Gasteiger partial charge in [-0.2, -0.15) is 0 Å². The van der Waals surface area contributed by atoms with Crippen molar-refractivity contribution < 1.29 is 0 Å². The first-order valence-electron chi connectivity index (χ1n) is 7.15. The zero-order chi connectivity index (χ0) is 15.4. The standard InChI is InChI=1S/C18H23N3/c1-12-5-6-16(15(4)8-12)11-20-18(19)21-17-9-13(2)7-14(3)10-17/h5-10H,11H2,1-4H3,(H3,19,20,21). The Kier molecular flexibility index (Phi) is 4.63. The predicted molar refractivity (Wildman–Crippen MR) is 90.8 cm³/mol. The molecule has 0 aliphatic rings. The largest absolute Gasteiger partial charge is 0.370 e. The van der Waals surface area contributed by atoms with E-state index in [1.807, 2.05) is 0 Å². The molecule has 3 heteroatoms. The molecule has 0 radical (unpaired) electrons. The van der Waals surface area contributed by atoms with Gasteiger partial charge in [0, 0.05) is 5.69 Å². The summed E-state index contributed by atoms with van der Waals surface area (Å²) in [5.74, 6) is 0.444. The van der Waals surface area contributed by atoms with Crippen molar-refractivity contribution in [2.75, 3.05) is 5.32 Å². The van der Waals surface area contributed by atoms with Crippen molar-refractivity contribution in [3.8, 4) is 0 Å². The molecule has 2 aromatic carbocycles. The van der Waals surface area contributed by atoms with E-state index in [0.717, 1.165) is 5.69 Å². The SMILES string of the molecule is Cc1cc(C)cc(NC(N)=NCc2ccc(C)cc2C)c1. The van der Waals surface area contributed by atoms with E-state index in [0.29, 0.717) is 12.5 Å². The lowest BCUT2D eigenvalue weighted by atomic mass is 10.1. The smallest absolute Gasteiger partial charge is 0.193 e. The molecule has 0 aromatic heterocycles. The fraction of sp³-hybridized carbons (Fsp3) is 0.278. The number of benzene rings is 2. The van der Waals surface area contributed by atoms with Crippen LogP contribution in [0.4, 0.5) is 5.69 Å². The Hall–Kier alpha value is -2.29. The second kappa shape index (κ2) is 6.44. The van der Waals surface area contributed by atoms with E-state index in [1.54, 1.807) is 0 Å². The molecule has 3 N–H and O–H groups in total. The third-order valence-corrected chi connectivity index (χ3v) is 3.41. The van der Waals surface area contributed by atoms with E-state index in [1.165, 1.54) is 27.8 Å². The van der Waals surface area contributed by atoms with Gasteiger partial charge in [-0.1, -0.05) is 29.8 Å². The first kappa shape index (κ1) is 15.1. The van der Waals surface area contributed by atoms with Gasteiger partial charge in [0.05, 0.1) is 6.54 Å². The highest BCUT2D eigenvalue weighted by Crippen LogP contribution is 2.14. The highest BCUT2D eigenvalue weighted by molar-refractivity contribution is 5.92. The summed E-state index contributed by atoms with van der Waals surface area (Å²) in [6.07, 6.45) is 0. The first-order chi connectivity index (χ1) is 9.94. The number of rotatable bonds is 3. The zero-order valence-corrected chi connectivity index (χ0v) is 13.2. The molecule has 2 rings (SSSR count). The van der Waals surface area contributed by atoms with Gasteiger partial charge in [-0.3, -0.25) is 0 Å². The third-order valence-electron chi connectivity index (χ3n) is 3.41. The van der Waals surface area contributed by atoms with Crippen LogP contribution in [0.15, 0.2) is 41.4 Å². The van der Waals surface area contributed by atoms with Crippen LogP contribution < -0.4 is 11.1 Å². The maximum Gasteiger partial charge on any atom is 0.193 e. The highest BCUT2D eigenvalue weighted by Gasteiger charge is 2.00. The summed E-state index contributed by atoms with van der Waals surface area (Å²) in [5.41, 5.74) is 13.1. The van der Waals surface area contributed by atoms with Crippen molar-refractivity contribution in [3.63, 3.8) is 0 Å². The Balaban J connectivity index is 2.07. The normalized spacial score (nSPS) is 11.5. The van der Waals surface area contributed by atoms with E-state index in [-0.39, 0.29) is 0 Å². The number of aliphatic imine (C=N–C) groups is 1. The average Bonchev–Trinajstić information content (AvgIpc) is 2.36. The maximum atomic E-state index is 5.97. The average molecular weight is 281 g/mol. The Labute approximate surface area is 126 Å². The Morgan fingerprint density at radius 2 is 1.62 bits per heavy atom. The second-order valence-electron chi connectivity index (χ2n) is 5.63. The van der Waals surface area contributed by atoms with Crippen LogP contribution in [0, 0.1) is 27.7 Å². The van der Waals surface area contributed by atoms with Crippen molar-refractivity contribution in [3.05, 3.63) is 64.2 Å². The number of hydrogen-bond donors (Lipinski definition) is 2. The monoisotopic (exact) mass is 281 g/mol. The third kappa shape index (κ3) is 4.35. The van der Waals surface area contributed by atoms with Gasteiger partial charge in [0.1, 0.15) is 0 Å². The zero-order valence-electron chi connectivity index (χ0n) is 13.2. The van der Waals surface area contributed by atoms with Gasteiger partial charge in [-0.05, 0) is 62.1 Å². The number of nitrogens with two attached hydrogens (primary N) is 1. The molecular formula is C18H23N3. The Morgan fingerprint density at radius 3 is 2.24 bits per heavy atom. The molecule has 3 nitrogen and oxygen atoms in total. The van der Waals surface area contributed by atoms with Crippen molar-refractivity contribution in [1.29, 1.82) is 0 Å². The molecule has 2 aromatic rings. The lowest BCUT2D eigenvalue weighted by Crippen LogP contribution is -2.22. The second-order valence-corrected chi connectivity index (χ2v) is 5.63. The minimum absolute atomic E-state index is 0.444. The van der Waals surface area contributed by atoms with E-state index < -0.39 is 0 Å². The molecule has 21 heavy (non-hydrogen) atoms. The molecule has 110 valence electrons. The number of aryl methyl sites for hydroxylation is 4. The minimum atomic E-state index is 0.444. The van der Waals surface area contributed by atoms with Crippen molar-refractivity contribution in [1.82, 2.24) is 0 Å². The molecule has 0 amide bonds. The van der Waals surface area contributed by atoms with E-state index >= 15 is 0 Å². The molecule has 0 saturated heterocycles. The van der Waals surface area contributed by atoms with Crippen LogP contribution in [-0.2, 0) is 6.54 Å². The van der Waals surface area contributed by atoms with Gasteiger partial charge in [0.25, 0.3) is 0 Å². The highest BCUT2D eigenvalue weighted by atomic mass is 15.1. The number of anilines is 1. The summed E-state index contributed by atoms with van der Waals surface area (Å²) in [6.45, 7) is 8.93. The topological polar surface area (TPSA) is 50.4 Å². The first-order valence-corrected chi connectivity index (χ1v) is 7.15. The Morgan fingerprint density at radius 1 is 0.952 bits per heavy atom. The van der Waals surface area contributed by atoms with Crippen LogP contribution >= 0.6 is 0 Å². The van der Waals surface area contributed by atoms with Crippen LogP contribution in [0.1, 0.15) is 27.8 Å². The maximum absolute atomic E-state index is 5.97. The molecule has 0 aliphatic heterocycles. The van der Waals surface area contributed by atoms with Gasteiger partial charge in [-0.25, -0.2) is 4.99 Å². The quantitative estimate of drug-likeness (QED) is 0.663. The van der Waals surface area contributed by atoms with Gasteiger partial charge < -0.3 is 11.1 Å². The molecule has 0 bridgehead atoms. The number of guanidine groups is 1. The molecule has 0 heterocycles. The lowest BCUT2D eigenvalue weighted by molar-refractivity contribution is 1.04. The lowest BCUT2D eigenvalue weighted by Gasteiger charge is -2.09. The van der Waals surface area contributed by atoms with E-state index in [4.69, 9.17) is 5.73 Å². The molecule has 0 unspecified atom stereocenters. The molecule has 0 saturated carbocycles. The van der Waals surface area contributed by atoms with E-state index in [9.17, 15) is 0 Å². The van der Waals surface area contributed by atoms with Gasteiger partial charge in [0.2, 0.25) is 0 Å². The van der Waals surface area contributed by atoms with E-state index in [2.05, 4.69) is 74.4 Å². The number of nitrogens with zero attached hydrogens (tertiary/aromatic N) is 1. The minimum Gasteiger partial charge on any atom is -0.370 e. The summed E-state index contributed by atoms with van der Waals surface area (Å²) < 4.78 is 0. The molecule has 0 atom stereocenters. The van der Waals surface area contributed by atoms with Crippen LogP contribution in [0.2, 0.25) is 0 Å². The van der Waals surface area contributed by atoms with Crippen LogP contribution in [0.5, 0.6) is 0 Å². The number of nitrogens with one attached hydrogen (secondary N) is 1. The summed E-state index contributed by atoms with van der Waals surface area (Å²) in [7, 11) is 0. The summed E-state index contributed by atoms with van der Waals surface area (Å²) in [5, 5.41) is 3.15. The van der Waals surface area contributed by atoms with Crippen LogP contribution in [0.25, 0.3) is 0 Å². The van der Waals surface area contributed by atoms with Gasteiger partial charge >= 0.3 is 0 Å². The van der Waals surface area contributed by atoms with Crippen LogP contribution in [-0.4, -0.2) is 5.96 Å². The van der Waals surface area contributed by atoms with Gasteiger partial charge in [-0.15, -0.1) is 0 Å². The molecule has 0 fully saturated rings. The van der Waals surface area contributed by atoms with Crippen LogP contribution in [0.3, 0.4) is 0 Å². The van der Waals surface area contributed by atoms with Crippen molar-refractivity contribution >= 4 is 11.6 Å². The molecule has 0 aliphatic carbocycles. The molecule has 0 spiro atoms. The Bertz CT molecular complexity index is 652. The molecular weight excluding hydrogens is 258 g/mol. The number of hydrogen-bond acceptors (Lipinski definition) is 1.